The summed E-state index contributed by atoms with van der Waals surface area (Å²) in [6, 6.07) is 11.3. The van der Waals surface area contributed by atoms with Crippen LogP contribution in [0.4, 0.5) is 0 Å². The Morgan fingerprint density at radius 2 is 2.00 bits per heavy atom. The molecule has 3 N–H and O–H groups in total. The highest BCUT2D eigenvalue weighted by atomic mass is 16.5. The molecule has 0 spiro atoms. The first kappa shape index (κ1) is 22.1. The maximum atomic E-state index is 10.3. The number of guanidine groups is 1. The number of benzene rings is 1. The van der Waals surface area contributed by atoms with Gasteiger partial charge in [0.05, 0.1) is 25.4 Å². The lowest BCUT2D eigenvalue weighted by molar-refractivity contribution is 0.00111. The topological polar surface area (TPSA) is 69.1 Å². The fraction of sp³-hybridized carbons (Fsp3) is 0.696. The molecule has 3 atom stereocenters. The molecule has 1 aliphatic carbocycles. The predicted octanol–water partition coefficient (Wildman–Crippen LogP) is 2.70. The number of ether oxygens (including phenoxy) is 1. The summed E-state index contributed by atoms with van der Waals surface area (Å²) in [6.07, 6.45) is 5.97. The van der Waals surface area contributed by atoms with Crippen molar-refractivity contribution in [2.45, 2.75) is 70.2 Å². The lowest BCUT2D eigenvalue weighted by atomic mass is 10.1. The maximum Gasteiger partial charge on any atom is 0.191 e. The molecule has 6 heteroatoms. The van der Waals surface area contributed by atoms with Gasteiger partial charge >= 0.3 is 0 Å². The number of rotatable bonds is 9. The van der Waals surface area contributed by atoms with E-state index in [1.807, 2.05) is 37.3 Å². The summed E-state index contributed by atoms with van der Waals surface area (Å²) < 4.78 is 5.82. The van der Waals surface area contributed by atoms with Crippen LogP contribution in [0.2, 0.25) is 0 Å². The molecule has 1 saturated carbocycles. The first-order chi connectivity index (χ1) is 14.2. The number of likely N-dealkylation sites (tertiary alicyclic amines) is 1. The van der Waals surface area contributed by atoms with Gasteiger partial charge in [-0.15, -0.1) is 0 Å². The molecule has 29 heavy (non-hydrogen) atoms. The number of hydrogen-bond donors (Lipinski definition) is 3. The summed E-state index contributed by atoms with van der Waals surface area (Å²) in [5.74, 6) is 0.793. The zero-order valence-corrected chi connectivity index (χ0v) is 18.0. The molecule has 6 nitrogen and oxygen atoms in total. The smallest absolute Gasteiger partial charge is 0.191 e. The molecule has 1 saturated heterocycles. The highest BCUT2D eigenvalue weighted by Crippen LogP contribution is 2.26. The van der Waals surface area contributed by atoms with E-state index in [0.29, 0.717) is 12.6 Å². The third-order valence-electron chi connectivity index (χ3n) is 6.01. The fourth-order valence-corrected chi connectivity index (χ4v) is 4.34. The van der Waals surface area contributed by atoms with Crippen LogP contribution in [0.1, 0.15) is 57.6 Å². The van der Waals surface area contributed by atoms with Gasteiger partial charge in [0.2, 0.25) is 0 Å². The van der Waals surface area contributed by atoms with Crippen LogP contribution in [-0.2, 0) is 4.74 Å². The van der Waals surface area contributed by atoms with E-state index in [-0.39, 0.29) is 12.7 Å². The largest absolute Gasteiger partial charge is 0.389 e. The van der Waals surface area contributed by atoms with Gasteiger partial charge in [-0.25, -0.2) is 0 Å². The SMILES string of the molecule is CCNC(=NCC(O)COC(C)c1ccccc1)NC1CCN(C2CCCC2)C1. The summed E-state index contributed by atoms with van der Waals surface area (Å²) in [5.41, 5.74) is 1.12. The number of aliphatic hydroxyl groups excluding tert-OH is 1. The molecule has 0 bridgehead atoms. The Labute approximate surface area is 175 Å². The highest BCUT2D eigenvalue weighted by molar-refractivity contribution is 5.80. The summed E-state index contributed by atoms with van der Waals surface area (Å²) in [5, 5.41) is 17.2. The van der Waals surface area contributed by atoms with Gasteiger partial charge in [0, 0.05) is 31.7 Å². The zero-order valence-electron chi connectivity index (χ0n) is 18.0. The maximum absolute atomic E-state index is 10.3. The Morgan fingerprint density at radius 1 is 1.24 bits per heavy atom. The van der Waals surface area contributed by atoms with Crippen molar-refractivity contribution in [1.82, 2.24) is 15.5 Å². The van der Waals surface area contributed by atoms with Crippen LogP contribution in [0.3, 0.4) is 0 Å². The molecule has 0 aromatic heterocycles. The molecule has 0 amide bonds. The highest BCUT2D eigenvalue weighted by Gasteiger charge is 2.30. The monoisotopic (exact) mass is 402 g/mol. The van der Waals surface area contributed by atoms with Crippen molar-refractivity contribution in [3.8, 4) is 0 Å². The van der Waals surface area contributed by atoms with Crippen LogP contribution in [0.15, 0.2) is 35.3 Å². The minimum atomic E-state index is -0.616. The molecular weight excluding hydrogens is 364 g/mol. The quantitative estimate of drug-likeness (QED) is 0.438. The standard InChI is InChI=1S/C23H38N4O2/c1-3-24-23(26-20-13-14-27(16-20)21-11-7-8-12-21)25-15-22(28)17-29-18(2)19-9-5-4-6-10-19/h4-6,9-10,18,20-22,28H,3,7-8,11-17H2,1-2H3,(H2,24,25,26). The number of hydrogen-bond acceptors (Lipinski definition) is 4. The van der Waals surface area contributed by atoms with Crippen LogP contribution < -0.4 is 10.6 Å². The van der Waals surface area contributed by atoms with Gasteiger partial charge in [-0.05, 0) is 38.7 Å². The first-order valence-electron chi connectivity index (χ1n) is 11.3. The van der Waals surface area contributed by atoms with E-state index in [2.05, 4.69) is 27.4 Å². The van der Waals surface area contributed by atoms with Crippen molar-refractivity contribution in [2.24, 2.45) is 4.99 Å². The number of aliphatic imine (C=N–C) groups is 1. The van der Waals surface area contributed by atoms with E-state index in [1.54, 1.807) is 0 Å². The van der Waals surface area contributed by atoms with Crippen LogP contribution in [0.25, 0.3) is 0 Å². The molecule has 2 fully saturated rings. The van der Waals surface area contributed by atoms with Crippen LogP contribution in [0, 0.1) is 0 Å². The van der Waals surface area contributed by atoms with Crippen LogP contribution >= 0.6 is 0 Å². The Kier molecular flexibility index (Phi) is 8.77. The zero-order chi connectivity index (χ0) is 20.5. The Hall–Kier alpha value is -1.63. The number of nitrogens with one attached hydrogen (secondary N) is 2. The predicted molar refractivity (Wildman–Crippen MR) is 118 cm³/mol. The van der Waals surface area contributed by atoms with Gasteiger partial charge in [-0.2, -0.15) is 0 Å². The van der Waals surface area contributed by atoms with Gasteiger partial charge < -0.3 is 20.5 Å². The van der Waals surface area contributed by atoms with Crippen molar-refractivity contribution < 1.29 is 9.84 Å². The summed E-state index contributed by atoms with van der Waals surface area (Å²) in [6.45, 7) is 7.76. The summed E-state index contributed by atoms with van der Waals surface area (Å²) in [7, 11) is 0. The van der Waals surface area contributed by atoms with E-state index in [4.69, 9.17) is 4.74 Å². The lowest BCUT2D eigenvalue weighted by Crippen LogP contribution is -2.45. The second-order valence-electron chi connectivity index (χ2n) is 8.32. The normalized spacial score (nSPS) is 23.3. The second-order valence-corrected chi connectivity index (χ2v) is 8.32. The van der Waals surface area contributed by atoms with Gasteiger partial charge in [0.1, 0.15) is 0 Å². The minimum Gasteiger partial charge on any atom is -0.389 e. The molecule has 1 aromatic rings. The van der Waals surface area contributed by atoms with E-state index >= 15 is 0 Å². The fourth-order valence-electron chi connectivity index (χ4n) is 4.34. The van der Waals surface area contributed by atoms with E-state index in [1.165, 1.54) is 32.2 Å². The number of nitrogens with zero attached hydrogens (tertiary/aromatic N) is 2. The van der Waals surface area contributed by atoms with Crippen LogP contribution in [-0.4, -0.2) is 66.9 Å². The van der Waals surface area contributed by atoms with E-state index in [9.17, 15) is 5.11 Å². The van der Waals surface area contributed by atoms with Crippen LogP contribution in [0.5, 0.6) is 0 Å². The molecule has 3 rings (SSSR count). The minimum absolute atomic E-state index is 0.0405. The number of aliphatic hydroxyl groups is 1. The Balaban J connectivity index is 1.42. The molecule has 1 heterocycles. The van der Waals surface area contributed by atoms with E-state index < -0.39 is 6.10 Å². The molecular formula is C23H38N4O2. The molecule has 0 radical (unpaired) electrons. The molecule has 3 unspecified atom stereocenters. The van der Waals surface area contributed by atoms with Crippen molar-refractivity contribution in [3.63, 3.8) is 0 Å². The summed E-state index contributed by atoms with van der Waals surface area (Å²) >= 11 is 0. The van der Waals surface area contributed by atoms with Gasteiger partial charge in [0.25, 0.3) is 0 Å². The average Bonchev–Trinajstić information content (AvgIpc) is 3.43. The van der Waals surface area contributed by atoms with E-state index in [0.717, 1.165) is 37.1 Å². The molecule has 1 aliphatic heterocycles. The second kappa shape index (κ2) is 11.5. The average molecular weight is 403 g/mol. The Morgan fingerprint density at radius 3 is 2.72 bits per heavy atom. The third kappa shape index (κ3) is 6.98. The third-order valence-corrected chi connectivity index (χ3v) is 6.01. The van der Waals surface area contributed by atoms with Crippen molar-refractivity contribution >= 4 is 5.96 Å². The first-order valence-corrected chi connectivity index (χ1v) is 11.3. The lowest BCUT2D eigenvalue weighted by Gasteiger charge is -2.24. The molecule has 162 valence electrons. The molecule has 2 aliphatic rings. The van der Waals surface area contributed by atoms with Gasteiger partial charge in [0.15, 0.2) is 5.96 Å². The van der Waals surface area contributed by atoms with Crippen molar-refractivity contribution in [3.05, 3.63) is 35.9 Å². The van der Waals surface area contributed by atoms with Gasteiger partial charge in [-0.3, -0.25) is 9.89 Å². The summed E-state index contributed by atoms with van der Waals surface area (Å²) in [4.78, 5) is 7.24. The molecule has 1 aromatic carbocycles. The Bertz CT molecular complexity index is 619. The van der Waals surface area contributed by atoms with Crippen molar-refractivity contribution in [1.29, 1.82) is 0 Å². The van der Waals surface area contributed by atoms with Gasteiger partial charge in [-0.1, -0.05) is 43.2 Å². The van der Waals surface area contributed by atoms with Crippen molar-refractivity contribution in [2.75, 3.05) is 32.8 Å².